The molecule has 0 bridgehead atoms. The van der Waals surface area contributed by atoms with Crippen molar-refractivity contribution in [2.24, 2.45) is 0 Å². The maximum absolute atomic E-state index is 8.95. The molecule has 0 N–H and O–H groups in total. The Morgan fingerprint density at radius 2 is 1.90 bits per heavy atom. The molecule has 6 heteroatoms. The molecule has 0 spiro atoms. The Kier molecular flexibility index (Phi) is 4.22. The molecular formula is C14H12Cl2N4. The zero-order valence-electron chi connectivity index (χ0n) is 11.1. The summed E-state index contributed by atoms with van der Waals surface area (Å²) < 4.78 is 0. The van der Waals surface area contributed by atoms with E-state index in [1.54, 1.807) is 0 Å². The zero-order valence-corrected chi connectivity index (χ0v) is 12.6. The molecule has 1 unspecified atom stereocenters. The van der Waals surface area contributed by atoms with Gasteiger partial charge in [-0.3, -0.25) is 0 Å². The molecular weight excluding hydrogens is 295 g/mol. The van der Waals surface area contributed by atoms with E-state index in [1.165, 1.54) is 0 Å². The van der Waals surface area contributed by atoms with Gasteiger partial charge in [-0.05, 0) is 42.2 Å². The summed E-state index contributed by atoms with van der Waals surface area (Å²) in [5.41, 5.74) is 22.3. The van der Waals surface area contributed by atoms with E-state index < -0.39 is 5.38 Å². The highest BCUT2D eigenvalue weighted by Crippen LogP contribution is 2.36. The van der Waals surface area contributed by atoms with Gasteiger partial charge in [0.25, 0.3) is 5.71 Å². The first-order chi connectivity index (χ1) is 9.49. The molecule has 2 aliphatic rings. The second-order valence-electron chi connectivity index (χ2n) is 4.65. The molecule has 0 aromatic carbocycles. The third-order valence-corrected chi connectivity index (χ3v) is 4.19. The molecule has 0 saturated carbocycles. The van der Waals surface area contributed by atoms with Gasteiger partial charge in [-0.1, -0.05) is 17.7 Å². The normalized spacial score (nSPS) is 22.8. The number of rotatable bonds is 1. The smallest absolute Gasteiger partial charge is 0.332 e. The van der Waals surface area contributed by atoms with E-state index in [4.69, 9.17) is 34.3 Å². The average Bonchev–Trinajstić information content (AvgIpc) is 2.43. The first-order valence-corrected chi connectivity index (χ1v) is 6.86. The number of hydrogen-bond acceptors (Lipinski definition) is 0. The van der Waals surface area contributed by atoms with Crippen molar-refractivity contribution >= 4 is 34.6 Å². The summed E-state index contributed by atoms with van der Waals surface area (Å²) in [5.74, 6) is 0. The van der Waals surface area contributed by atoms with Crippen LogP contribution in [0.1, 0.15) is 20.3 Å². The lowest BCUT2D eigenvalue weighted by atomic mass is 9.85. The van der Waals surface area contributed by atoms with Gasteiger partial charge in [0, 0.05) is 6.08 Å². The molecule has 20 heavy (non-hydrogen) atoms. The van der Waals surface area contributed by atoms with Crippen molar-refractivity contribution in [2.45, 2.75) is 25.6 Å². The molecule has 2 aliphatic carbocycles. The second kappa shape index (κ2) is 5.74. The van der Waals surface area contributed by atoms with E-state index in [1.807, 2.05) is 32.1 Å². The molecule has 2 rings (SSSR count). The van der Waals surface area contributed by atoms with Crippen molar-refractivity contribution in [3.05, 3.63) is 56.6 Å². The lowest BCUT2D eigenvalue weighted by Crippen LogP contribution is -2.21. The molecule has 4 nitrogen and oxygen atoms in total. The summed E-state index contributed by atoms with van der Waals surface area (Å²) in [5, 5.41) is -0.215. The monoisotopic (exact) mass is 306 g/mol. The van der Waals surface area contributed by atoms with Gasteiger partial charge in [0.1, 0.15) is 5.03 Å². The minimum Gasteiger partial charge on any atom is -0.361 e. The van der Waals surface area contributed by atoms with E-state index in [9.17, 15) is 0 Å². The Morgan fingerprint density at radius 1 is 1.20 bits per heavy atom. The maximum Gasteiger partial charge on any atom is 0.332 e. The van der Waals surface area contributed by atoms with Gasteiger partial charge in [-0.2, -0.15) is 9.58 Å². The van der Waals surface area contributed by atoms with Crippen LogP contribution in [-0.4, -0.2) is 26.4 Å². The molecule has 102 valence electrons. The highest BCUT2D eigenvalue weighted by Gasteiger charge is 2.32. The average molecular weight is 307 g/mol. The first kappa shape index (κ1) is 14.7. The molecule has 0 fully saturated rings. The van der Waals surface area contributed by atoms with Crippen molar-refractivity contribution in [3.8, 4) is 0 Å². The highest BCUT2D eigenvalue weighted by molar-refractivity contribution is 6.50. The van der Waals surface area contributed by atoms with Crippen molar-refractivity contribution in [3.63, 3.8) is 0 Å². The van der Waals surface area contributed by atoms with Crippen LogP contribution in [0.15, 0.2) is 45.6 Å². The maximum atomic E-state index is 8.95. The molecule has 0 radical (unpaired) electrons. The lowest BCUT2D eigenvalue weighted by Gasteiger charge is -2.20. The van der Waals surface area contributed by atoms with Gasteiger partial charge < -0.3 is 11.1 Å². The third-order valence-electron chi connectivity index (χ3n) is 3.38. The highest BCUT2D eigenvalue weighted by atomic mass is 35.5. The van der Waals surface area contributed by atoms with Crippen LogP contribution in [0.3, 0.4) is 0 Å². The summed E-state index contributed by atoms with van der Waals surface area (Å²) in [7, 11) is 0. The number of nitrogens with zero attached hydrogens (tertiary/aromatic N) is 4. The second-order valence-corrected chi connectivity index (χ2v) is 5.50. The van der Waals surface area contributed by atoms with Crippen LogP contribution in [-0.2, 0) is 0 Å². The summed E-state index contributed by atoms with van der Waals surface area (Å²) in [4.78, 5) is 6.36. The van der Waals surface area contributed by atoms with Gasteiger partial charge in [0.15, 0.2) is 5.38 Å². The van der Waals surface area contributed by atoms with Gasteiger partial charge >= 0.3 is 5.71 Å². The van der Waals surface area contributed by atoms with Crippen LogP contribution in [0.2, 0.25) is 0 Å². The Balaban J connectivity index is 2.51. The van der Waals surface area contributed by atoms with Crippen LogP contribution in [0.4, 0.5) is 0 Å². The van der Waals surface area contributed by atoms with Crippen LogP contribution in [0.5, 0.6) is 0 Å². The van der Waals surface area contributed by atoms with Crippen LogP contribution >= 0.6 is 23.2 Å². The van der Waals surface area contributed by atoms with Crippen molar-refractivity contribution in [1.82, 2.24) is 0 Å². The van der Waals surface area contributed by atoms with E-state index in [-0.39, 0.29) is 5.71 Å². The molecule has 0 aromatic rings. The molecule has 0 saturated heterocycles. The lowest BCUT2D eigenvalue weighted by molar-refractivity contribution is -0.00608. The summed E-state index contributed by atoms with van der Waals surface area (Å²) >= 11 is 12.4. The summed E-state index contributed by atoms with van der Waals surface area (Å²) in [6, 6.07) is 0. The Bertz CT molecular complexity index is 697. The molecule has 1 atom stereocenters. The third kappa shape index (κ3) is 2.47. The van der Waals surface area contributed by atoms with Crippen molar-refractivity contribution < 1.29 is 9.58 Å². The predicted molar refractivity (Wildman–Crippen MR) is 80.0 cm³/mol. The number of halogens is 2. The van der Waals surface area contributed by atoms with E-state index >= 15 is 0 Å². The number of alkyl halides is 1. The SMILES string of the molecule is CC1=CC(=[N+]=[N-])CC=C1C1=CC(Cl)C(=[N+]=[N-])C(Cl)=C1C. The Labute approximate surface area is 126 Å². The zero-order chi connectivity index (χ0) is 14.9. The van der Waals surface area contributed by atoms with Gasteiger partial charge in [0.05, 0.1) is 6.42 Å². The topological polar surface area (TPSA) is 72.8 Å². The fraction of sp³-hybridized carbons (Fsp3) is 0.286. The summed E-state index contributed by atoms with van der Waals surface area (Å²) in [6.45, 7) is 3.78. The van der Waals surface area contributed by atoms with Gasteiger partial charge in [0.2, 0.25) is 0 Å². The fourth-order valence-corrected chi connectivity index (χ4v) is 2.91. The fourth-order valence-electron chi connectivity index (χ4n) is 2.32. The van der Waals surface area contributed by atoms with Crippen LogP contribution in [0, 0.1) is 0 Å². The standard InChI is InChI=1S/C14H12Cl2N4/c1-7-5-9(19-17)3-4-10(7)11-6-12(15)14(20-18)13(16)8(11)2/h4-6,12H,3H2,1-2H3. The molecule has 0 aliphatic heterocycles. The van der Waals surface area contributed by atoms with Crippen LogP contribution in [0.25, 0.3) is 11.1 Å². The Hall–Kier alpha value is -1.70. The minimum atomic E-state index is -0.576. The van der Waals surface area contributed by atoms with Crippen LogP contribution < -0.4 is 0 Å². The minimum absolute atomic E-state index is 0.255. The van der Waals surface area contributed by atoms with Crippen molar-refractivity contribution in [1.29, 1.82) is 0 Å². The van der Waals surface area contributed by atoms with E-state index in [2.05, 4.69) is 9.58 Å². The quantitative estimate of drug-likeness (QED) is 0.403. The van der Waals surface area contributed by atoms with E-state index in [0.717, 1.165) is 22.3 Å². The Morgan fingerprint density at radius 3 is 2.45 bits per heavy atom. The first-order valence-electron chi connectivity index (χ1n) is 6.04. The van der Waals surface area contributed by atoms with Gasteiger partial charge in [-0.15, -0.1) is 11.6 Å². The van der Waals surface area contributed by atoms with Gasteiger partial charge in [-0.25, -0.2) is 0 Å². The predicted octanol–water partition coefficient (Wildman–Crippen LogP) is 3.66. The molecule has 0 heterocycles. The molecule has 0 amide bonds. The molecule has 0 aromatic heterocycles. The number of hydrogen-bond donors (Lipinski definition) is 0. The van der Waals surface area contributed by atoms with E-state index in [0.29, 0.717) is 17.2 Å². The number of allylic oxidation sites excluding steroid dienone is 8. The van der Waals surface area contributed by atoms with Crippen molar-refractivity contribution in [2.75, 3.05) is 0 Å². The summed E-state index contributed by atoms with van der Waals surface area (Å²) in [6.07, 6.45) is 6.13. The largest absolute Gasteiger partial charge is 0.361 e.